The summed E-state index contributed by atoms with van der Waals surface area (Å²) in [6.07, 6.45) is -3.30. The predicted molar refractivity (Wildman–Crippen MR) is 75.7 cm³/mol. The second-order valence-corrected chi connectivity index (χ2v) is 5.56. The summed E-state index contributed by atoms with van der Waals surface area (Å²) < 4.78 is 37.6. The molecule has 0 bridgehead atoms. The first kappa shape index (κ1) is 14.1. The molecule has 4 heteroatoms. The summed E-state index contributed by atoms with van der Waals surface area (Å²) in [4.78, 5) is 0. The summed E-state index contributed by atoms with van der Waals surface area (Å²) in [5.74, 6) is 0.729. The zero-order valence-electron chi connectivity index (χ0n) is 11.3. The molecule has 0 heterocycles. The summed E-state index contributed by atoms with van der Waals surface area (Å²) >= 11 is 0. The quantitative estimate of drug-likeness (QED) is 0.884. The lowest BCUT2D eigenvalue weighted by molar-refractivity contribution is -0.137. The van der Waals surface area contributed by atoms with Gasteiger partial charge >= 0.3 is 6.18 Å². The maximum absolute atomic E-state index is 12.5. The lowest BCUT2D eigenvalue weighted by atomic mass is 9.98. The van der Waals surface area contributed by atoms with Gasteiger partial charge in [-0.25, -0.2) is 0 Å². The molecule has 0 radical (unpaired) electrons. The Balaban J connectivity index is 1.71. The molecular formula is C17H16F3N. The van der Waals surface area contributed by atoms with Crippen molar-refractivity contribution in [1.82, 2.24) is 0 Å². The molecule has 110 valence electrons. The van der Waals surface area contributed by atoms with Crippen LogP contribution in [0.25, 0.3) is 0 Å². The van der Waals surface area contributed by atoms with Gasteiger partial charge in [-0.3, -0.25) is 0 Å². The van der Waals surface area contributed by atoms with Crippen molar-refractivity contribution in [2.75, 3.05) is 0 Å². The van der Waals surface area contributed by atoms with Gasteiger partial charge in [0.15, 0.2) is 0 Å². The van der Waals surface area contributed by atoms with E-state index in [0.29, 0.717) is 11.8 Å². The van der Waals surface area contributed by atoms with Crippen LogP contribution in [-0.4, -0.2) is 0 Å². The Hall–Kier alpha value is -1.81. The first-order valence-electron chi connectivity index (χ1n) is 6.94. The van der Waals surface area contributed by atoms with Gasteiger partial charge in [-0.1, -0.05) is 42.5 Å². The molecule has 21 heavy (non-hydrogen) atoms. The van der Waals surface area contributed by atoms with Gasteiger partial charge in [0.2, 0.25) is 0 Å². The number of rotatable bonds is 3. The SMILES string of the molecule is NC(c1ccc(C(F)(F)F)cc1)C1CC1c1ccccc1. The summed E-state index contributed by atoms with van der Waals surface area (Å²) in [6, 6.07) is 15.1. The van der Waals surface area contributed by atoms with Crippen LogP contribution in [0, 0.1) is 5.92 Å². The van der Waals surface area contributed by atoms with Crippen LogP contribution in [0.4, 0.5) is 13.2 Å². The van der Waals surface area contributed by atoms with E-state index in [1.807, 2.05) is 18.2 Å². The lowest BCUT2D eigenvalue weighted by Crippen LogP contribution is -2.14. The standard InChI is InChI=1S/C17H16F3N/c18-17(19,20)13-8-6-12(7-9-13)16(21)15-10-14(15)11-4-2-1-3-5-11/h1-9,14-16H,10,21H2. The number of benzene rings is 2. The van der Waals surface area contributed by atoms with E-state index in [-0.39, 0.29) is 6.04 Å². The monoisotopic (exact) mass is 291 g/mol. The minimum absolute atomic E-state index is 0.211. The van der Waals surface area contributed by atoms with Crippen LogP contribution < -0.4 is 5.73 Å². The molecule has 2 aromatic rings. The van der Waals surface area contributed by atoms with Crippen molar-refractivity contribution < 1.29 is 13.2 Å². The normalized spacial score (nSPS) is 22.9. The van der Waals surface area contributed by atoms with Crippen molar-refractivity contribution in [1.29, 1.82) is 0 Å². The highest BCUT2D eigenvalue weighted by atomic mass is 19.4. The van der Waals surface area contributed by atoms with Gasteiger partial charge in [0.1, 0.15) is 0 Å². The minimum Gasteiger partial charge on any atom is -0.324 e. The van der Waals surface area contributed by atoms with Crippen LogP contribution >= 0.6 is 0 Å². The molecule has 1 aliphatic carbocycles. The van der Waals surface area contributed by atoms with Crippen LogP contribution in [0.2, 0.25) is 0 Å². The highest BCUT2D eigenvalue weighted by Gasteiger charge is 2.43. The molecule has 1 fully saturated rings. The molecule has 2 aromatic carbocycles. The van der Waals surface area contributed by atoms with E-state index >= 15 is 0 Å². The van der Waals surface area contributed by atoms with E-state index in [1.165, 1.54) is 17.7 Å². The molecule has 0 amide bonds. The molecule has 1 aliphatic rings. The van der Waals surface area contributed by atoms with Crippen molar-refractivity contribution in [2.24, 2.45) is 11.7 Å². The first-order valence-corrected chi connectivity index (χ1v) is 6.94. The molecule has 0 aromatic heterocycles. The van der Waals surface area contributed by atoms with Crippen LogP contribution in [0.5, 0.6) is 0 Å². The fraction of sp³-hybridized carbons (Fsp3) is 0.294. The summed E-state index contributed by atoms with van der Waals surface area (Å²) in [5, 5.41) is 0. The smallest absolute Gasteiger partial charge is 0.324 e. The summed E-state index contributed by atoms with van der Waals surface area (Å²) in [6.45, 7) is 0. The Morgan fingerprint density at radius 3 is 2.14 bits per heavy atom. The largest absolute Gasteiger partial charge is 0.416 e. The average molecular weight is 291 g/mol. The van der Waals surface area contributed by atoms with E-state index in [2.05, 4.69) is 12.1 Å². The zero-order chi connectivity index (χ0) is 15.0. The van der Waals surface area contributed by atoms with Crippen molar-refractivity contribution in [3.63, 3.8) is 0 Å². The number of alkyl halides is 3. The molecule has 0 saturated heterocycles. The molecule has 3 atom stereocenters. The van der Waals surface area contributed by atoms with E-state index in [4.69, 9.17) is 5.73 Å². The molecule has 3 unspecified atom stereocenters. The topological polar surface area (TPSA) is 26.0 Å². The Morgan fingerprint density at radius 1 is 0.952 bits per heavy atom. The maximum atomic E-state index is 12.5. The third-order valence-electron chi connectivity index (χ3n) is 4.15. The van der Waals surface area contributed by atoms with Crippen molar-refractivity contribution in [2.45, 2.75) is 24.6 Å². The van der Waals surface area contributed by atoms with Gasteiger partial charge < -0.3 is 5.73 Å². The first-order chi connectivity index (χ1) is 9.97. The predicted octanol–water partition coefficient (Wildman–Crippen LogP) is 4.51. The van der Waals surface area contributed by atoms with E-state index in [1.54, 1.807) is 0 Å². The molecule has 1 saturated carbocycles. The fourth-order valence-corrected chi connectivity index (χ4v) is 2.84. The van der Waals surface area contributed by atoms with Crippen LogP contribution in [0.15, 0.2) is 54.6 Å². The molecule has 0 aliphatic heterocycles. The third kappa shape index (κ3) is 2.95. The van der Waals surface area contributed by atoms with Crippen LogP contribution in [-0.2, 0) is 6.18 Å². The second kappa shape index (κ2) is 5.19. The van der Waals surface area contributed by atoms with Gasteiger partial charge in [-0.05, 0) is 41.5 Å². The second-order valence-electron chi connectivity index (χ2n) is 5.56. The highest BCUT2D eigenvalue weighted by molar-refractivity contribution is 5.32. The van der Waals surface area contributed by atoms with Crippen LogP contribution in [0.1, 0.15) is 35.1 Å². The number of hydrogen-bond donors (Lipinski definition) is 1. The number of nitrogens with two attached hydrogens (primary N) is 1. The Morgan fingerprint density at radius 2 is 1.57 bits per heavy atom. The Kier molecular flexibility index (Phi) is 3.49. The van der Waals surface area contributed by atoms with E-state index in [0.717, 1.165) is 24.1 Å². The minimum atomic E-state index is -4.30. The van der Waals surface area contributed by atoms with Gasteiger partial charge in [-0.2, -0.15) is 13.2 Å². The molecular weight excluding hydrogens is 275 g/mol. The lowest BCUT2D eigenvalue weighted by Gasteiger charge is -2.13. The molecule has 0 spiro atoms. The maximum Gasteiger partial charge on any atom is 0.416 e. The van der Waals surface area contributed by atoms with Crippen LogP contribution in [0.3, 0.4) is 0 Å². The van der Waals surface area contributed by atoms with Gasteiger partial charge in [0.05, 0.1) is 5.56 Å². The van der Waals surface area contributed by atoms with Gasteiger partial charge in [-0.15, -0.1) is 0 Å². The van der Waals surface area contributed by atoms with Gasteiger partial charge in [0.25, 0.3) is 0 Å². The third-order valence-corrected chi connectivity index (χ3v) is 4.15. The molecule has 1 nitrogen and oxygen atoms in total. The zero-order valence-corrected chi connectivity index (χ0v) is 11.3. The number of hydrogen-bond acceptors (Lipinski definition) is 1. The van der Waals surface area contributed by atoms with Crippen molar-refractivity contribution in [3.05, 3.63) is 71.3 Å². The highest BCUT2D eigenvalue weighted by Crippen LogP contribution is 2.53. The molecule has 3 rings (SSSR count). The summed E-state index contributed by atoms with van der Waals surface area (Å²) in [7, 11) is 0. The summed E-state index contributed by atoms with van der Waals surface area (Å²) in [5.41, 5.74) is 7.60. The molecule has 2 N–H and O–H groups in total. The Labute approximate surface area is 121 Å². The fourth-order valence-electron chi connectivity index (χ4n) is 2.84. The average Bonchev–Trinajstić information content (AvgIpc) is 3.27. The van der Waals surface area contributed by atoms with E-state index in [9.17, 15) is 13.2 Å². The van der Waals surface area contributed by atoms with Crippen molar-refractivity contribution in [3.8, 4) is 0 Å². The number of halogens is 3. The van der Waals surface area contributed by atoms with E-state index < -0.39 is 11.7 Å². The Bertz CT molecular complexity index is 604. The van der Waals surface area contributed by atoms with Crippen molar-refractivity contribution >= 4 is 0 Å². The van der Waals surface area contributed by atoms with Gasteiger partial charge in [0, 0.05) is 6.04 Å².